The maximum Gasteiger partial charge on any atom is 0.239 e. The van der Waals surface area contributed by atoms with Gasteiger partial charge in [0.05, 0.1) is 13.2 Å². The highest BCUT2D eigenvalue weighted by Gasteiger charge is 2.30. The molecular formula is C11H21N3O2. The summed E-state index contributed by atoms with van der Waals surface area (Å²) < 4.78 is 5.38. The number of hydrogen-bond donors (Lipinski definition) is 2. The summed E-state index contributed by atoms with van der Waals surface area (Å²) in [4.78, 5) is 14.0. The van der Waals surface area contributed by atoms with Gasteiger partial charge >= 0.3 is 0 Å². The van der Waals surface area contributed by atoms with Crippen LogP contribution < -0.4 is 10.6 Å². The Balaban J connectivity index is 1.90. The predicted molar refractivity (Wildman–Crippen MR) is 61.2 cm³/mol. The van der Waals surface area contributed by atoms with Crippen molar-refractivity contribution in [3.8, 4) is 0 Å². The second-order valence-electron chi connectivity index (χ2n) is 4.56. The van der Waals surface area contributed by atoms with E-state index in [1.54, 1.807) is 7.05 Å². The minimum absolute atomic E-state index is 0.0747. The molecule has 0 saturated carbocycles. The Kier molecular flexibility index (Phi) is 4.15. The minimum atomic E-state index is -0.0978. The van der Waals surface area contributed by atoms with Crippen LogP contribution in [0.1, 0.15) is 6.42 Å². The number of ether oxygens (including phenoxy) is 1. The highest BCUT2D eigenvalue weighted by molar-refractivity contribution is 5.81. The summed E-state index contributed by atoms with van der Waals surface area (Å²) in [6.45, 7) is 5.34. The van der Waals surface area contributed by atoms with Gasteiger partial charge in [0.2, 0.25) is 5.91 Å². The molecule has 2 aliphatic heterocycles. The number of nitrogens with zero attached hydrogens (tertiary/aromatic N) is 1. The average Bonchev–Trinajstić information content (AvgIpc) is 2.82. The second kappa shape index (κ2) is 5.61. The summed E-state index contributed by atoms with van der Waals surface area (Å²) in [5.41, 5.74) is 0. The molecule has 5 nitrogen and oxygen atoms in total. The van der Waals surface area contributed by atoms with Crippen LogP contribution in [0.2, 0.25) is 0 Å². The fourth-order valence-electron chi connectivity index (χ4n) is 2.47. The van der Waals surface area contributed by atoms with E-state index in [0.717, 1.165) is 32.8 Å². The van der Waals surface area contributed by atoms with Crippen LogP contribution in [0.4, 0.5) is 0 Å². The standard InChI is InChI=1S/C11H21N3O2/c1-12-11(15)10-8-16-5-4-14(10)7-9-2-3-13-6-9/h9-10,13H,2-8H2,1H3,(H,12,15). The molecule has 0 aliphatic carbocycles. The quantitative estimate of drug-likeness (QED) is 0.652. The molecule has 0 aromatic heterocycles. The molecule has 92 valence electrons. The number of carbonyl (C=O) groups excluding carboxylic acids is 1. The third kappa shape index (κ3) is 2.72. The molecule has 2 rings (SSSR count). The van der Waals surface area contributed by atoms with Gasteiger partial charge in [-0.25, -0.2) is 0 Å². The third-order valence-electron chi connectivity index (χ3n) is 3.44. The first kappa shape index (κ1) is 11.8. The average molecular weight is 227 g/mol. The first-order valence-corrected chi connectivity index (χ1v) is 6.05. The largest absolute Gasteiger partial charge is 0.378 e. The first-order valence-electron chi connectivity index (χ1n) is 6.05. The summed E-state index contributed by atoms with van der Waals surface area (Å²) in [5, 5.41) is 6.07. The summed E-state index contributed by atoms with van der Waals surface area (Å²) in [7, 11) is 1.69. The molecule has 2 saturated heterocycles. The Morgan fingerprint density at radius 1 is 1.62 bits per heavy atom. The number of carbonyl (C=O) groups is 1. The maximum absolute atomic E-state index is 11.7. The highest BCUT2D eigenvalue weighted by atomic mass is 16.5. The molecular weight excluding hydrogens is 206 g/mol. The smallest absolute Gasteiger partial charge is 0.239 e. The summed E-state index contributed by atoms with van der Waals surface area (Å²) >= 11 is 0. The van der Waals surface area contributed by atoms with Crippen molar-refractivity contribution < 1.29 is 9.53 Å². The molecule has 2 N–H and O–H groups in total. The van der Waals surface area contributed by atoms with Crippen LogP contribution in [0.3, 0.4) is 0 Å². The maximum atomic E-state index is 11.7. The van der Waals surface area contributed by atoms with Crippen LogP contribution in [0.25, 0.3) is 0 Å². The fraction of sp³-hybridized carbons (Fsp3) is 0.909. The molecule has 0 aromatic rings. The van der Waals surface area contributed by atoms with Gasteiger partial charge in [-0.05, 0) is 25.4 Å². The van der Waals surface area contributed by atoms with Crippen molar-refractivity contribution in [3.05, 3.63) is 0 Å². The third-order valence-corrected chi connectivity index (χ3v) is 3.44. The molecule has 2 heterocycles. The van der Waals surface area contributed by atoms with Gasteiger partial charge in [0.15, 0.2) is 0 Å². The Hall–Kier alpha value is -0.650. The van der Waals surface area contributed by atoms with Gasteiger partial charge in [-0.1, -0.05) is 0 Å². The zero-order chi connectivity index (χ0) is 11.4. The van der Waals surface area contributed by atoms with E-state index >= 15 is 0 Å². The topological polar surface area (TPSA) is 53.6 Å². The zero-order valence-corrected chi connectivity index (χ0v) is 9.87. The number of rotatable bonds is 3. The highest BCUT2D eigenvalue weighted by Crippen LogP contribution is 2.14. The zero-order valence-electron chi connectivity index (χ0n) is 9.87. The van der Waals surface area contributed by atoms with Crippen molar-refractivity contribution >= 4 is 5.91 Å². The van der Waals surface area contributed by atoms with E-state index in [4.69, 9.17) is 4.74 Å². The normalized spacial score (nSPS) is 31.6. The summed E-state index contributed by atoms with van der Waals surface area (Å²) in [5.74, 6) is 0.760. The minimum Gasteiger partial charge on any atom is -0.378 e. The van der Waals surface area contributed by atoms with Gasteiger partial charge in [0, 0.05) is 20.1 Å². The van der Waals surface area contributed by atoms with Gasteiger partial charge in [0.1, 0.15) is 6.04 Å². The Morgan fingerprint density at radius 2 is 2.50 bits per heavy atom. The molecule has 2 atom stereocenters. The number of hydrogen-bond acceptors (Lipinski definition) is 4. The van der Waals surface area contributed by atoms with Crippen LogP contribution in [0, 0.1) is 5.92 Å². The van der Waals surface area contributed by atoms with Gasteiger partial charge < -0.3 is 15.4 Å². The molecule has 2 fully saturated rings. The van der Waals surface area contributed by atoms with Crippen molar-refractivity contribution in [1.82, 2.24) is 15.5 Å². The van der Waals surface area contributed by atoms with E-state index in [-0.39, 0.29) is 11.9 Å². The van der Waals surface area contributed by atoms with Crippen LogP contribution in [0.15, 0.2) is 0 Å². The van der Waals surface area contributed by atoms with Crippen molar-refractivity contribution in [2.75, 3.05) is 46.4 Å². The molecule has 5 heteroatoms. The molecule has 0 bridgehead atoms. The SMILES string of the molecule is CNC(=O)C1COCCN1CC1CCNC1. The monoisotopic (exact) mass is 227 g/mol. The van der Waals surface area contributed by atoms with E-state index in [9.17, 15) is 4.79 Å². The number of morpholine rings is 1. The Labute approximate surface area is 96.5 Å². The number of amides is 1. The Morgan fingerprint density at radius 3 is 3.19 bits per heavy atom. The molecule has 0 radical (unpaired) electrons. The van der Waals surface area contributed by atoms with Crippen molar-refractivity contribution in [3.63, 3.8) is 0 Å². The van der Waals surface area contributed by atoms with Gasteiger partial charge in [-0.15, -0.1) is 0 Å². The van der Waals surface area contributed by atoms with E-state index in [1.807, 2.05) is 0 Å². The molecule has 0 spiro atoms. The van der Waals surface area contributed by atoms with Crippen molar-refractivity contribution in [1.29, 1.82) is 0 Å². The van der Waals surface area contributed by atoms with E-state index in [2.05, 4.69) is 15.5 Å². The predicted octanol–water partition coefficient (Wildman–Crippen LogP) is -0.957. The second-order valence-corrected chi connectivity index (χ2v) is 4.56. The van der Waals surface area contributed by atoms with E-state index in [0.29, 0.717) is 12.5 Å². The number of likely N-dealkylation sites (N-methyl/N-ethyl adjacent to an activating group) is 1. The lowest BCUT2D eigenvalue weighted by atomic mass is 10.1. The molecule has 2 aliphatic rings. The lowest BCUT2D eigenvalue weighted by Crippen LogP contribution is -2.54. The molecule has 0 aromatic carbocycles. The lowest BCUT2D eigenvalue weighted by molar-refractivity contribution is -0.132. The van der Waals surface area contributed by atoms with Gasteiger partial charge in [0.25, 0.3) is 0 Å². The van der Waals surface area contributed by atoms with E-state index in [1.165, 1.54) is 6.42 Å². The van der Waals surface area contributed by atoms with Gasteiger partial charge in [-0.2, -0.15) is 0 Å². The molecule has 2 unspecified atom stereocenters. The lowest BCUT2D eigenvalue weighted by Gasteiger charge is -2.35. The van der Waals surface area contributed by atoms with Gasteiger partial charge in [-0.3, -0.25) is 9.69 Å². The van der Waals surface area contributed by atoms with Crippen LogP contribution in [-0.4, -0.2) is 63.3 Å². The molecule has 1 amide bonds. The van der Waals surface area contributed by atoms with Crippen LogP contribution in [-0.2, 0) is 9.53 Å². The fourth-order valence-corrected chi connectivity index (χ4v) is 2.47. The number of nitrogens with one attached hydrogen (secondary N) is 2. The van der Waals surface area contributed by atoms with Crippen molar-refractivity contribution in [2.45, 2.75) is 12.5 Å². The molecule has 16 heavy (non-hydrogen) atoms. The summed E-state index contributed by atoms with van der Waals surface area (Å²) in [6.07, 6.45) is 1.22. The van der Waals surface area contributed by atoms with Crippen molar-refractivity contribution in [2.24, 2.45) is 5.92 Å². The first-order chi connectivity index (χ1) is 7.81. The van der Waals surface area contributed by atoms with Crippen LogP contribution in [0.5, 0.6) is 0 Å². The summed E-state index contributed by atoms with van der Waals surface area (Å²) in [6, 6.07) is -0.0978. The van der Waals surface area contributed by atoms with Crippen LogP contribution >= 0.6 is 0 Å². The van der Waals surface area contributed by atoms with E-state index < -0.39 is 0 Å². The Bertz CT molecular complexity index is 241.